The van der Waals surface area contributed by atoms with Gasteiger partial charge in [-0.2, -0.15) is 17.0 Å². The highest BCUT2D eigenvalue weighted by molar-refractivity contribution is 7.99. The van der Waals surface area contributed by atoms with Gasteiger partial charge in [-0.25, -0.2) is 0 Å². The van der Waals surface area contributed by atoms with Crippen molar-refractivity contribution in [3.8, 4) is 6.07 Å². The average molecular weight is 215 g/mol. The maximum atomic E-state index is 9.32. The summed E-state index contributed by atoms with van der Waals surface area (Å²) >= 11 is 1.75. The van der Waals surface area contributed by atoms with Gasteiger partial charge in [0.25, 0.3) is 0 Å². The fourth-order valence-electron chi connectivity index (χ4n) is 1.43. The summed E-state index contributed by atoms with van der Waals surface area (Å²) < 4.78 is 5.66. The Balaban J connectivity index is 2.57. The van der Waals surface area contributed by atoms with Crippen LogP contribution < -0.4 is 0 Å². The smallest absolute Gasteiger partial charge is 0.163 e. The van der Waals surface area contributed by atoms with Gasteiger partial charge in [0.1, 0.15) is 0 Å². The van der Waals surface area contributed by atoms with E-state index in [1.807, 2.05) is 6.92 Å². The van der Waals surface area contributed by atoms with E-state index in [0.717, 1.165) is 24.3 Å². The van der Waals surface area contributed by atoms with Gasteiger partial charge in [0.05, 0.1) is 18.3 Å². The molecule has 1 saturated heterocycles. The number of hydrogen-bond acceptors (Lipinski definition) is 4. The van der Waals surface area contributed by atoms with Gasteiger partial charge in [-0.1, -0.05) is 0 Å². The van der Waals surface area contributed by atoms with Gasteiger partial charge in [-0.3, -0.25) is 0 Å². The number of nitriles is 1. The molecule has 1 heterocycles. The van der Waals surface area contributed by atoms with Gasteiger partial charge in [0.15, 0.2) is 5.60 Å². The summed E-state index contributed by atoms with van der Waals surface area (Å²) in [5, 5.41) is 18.4. The molecule has 3 atom stereocenters. The zero-order valence-electron chi connectivity index (χ0n) is 8.69. The topological polar surface area (TPSA) is 53.2 Å². The van der Waals surface area contributed by atoms with Crippen molar-refractivity contribution in [3.63, 3.8) is 0 Å². The van der Waals surface area contributed by atoms with Crippen LogP contribution >= 0.6 is 11.8 Å². The molecule has 0 aromatic carbocycles. The van der Waals surface area contributed by atoms with E-state index in [4.69, 9.17) is 10.00 Å². The lowest BCUT2D eigenvalue weighted by molar-refractivity contribution is -0.0892. The van der Waals surface area contributed by atoms with E-state index < -0.39 is 11.7 Å². The Labute approximate surface area is 89.4 Å². The van der Waals surface area contributed by atoms with E-state index >= 15 is 0 Å². The van der Waals surface area contributed by atoms with Gasteiger partial charge in [-0.05, 0) is 32.4 Å². The molecule has 0 radical (unpaired) electrons. The monoisotopic (exact) mass is 215 g/mol. The number of aliphatic hydroxyl groups is 1. The first-order valence-corrected chi connectivity index (χ1v) is 6.10. The molecule has 4 heteroatoms. The fraction of sp³-hybridized carbons (Fsp3) is 0.900. The summed E-state index contributed by atoms with van der Waals surface area (Å²) in [7, 11) is 0. The zero-order chi connectivity index (χ0) is 10.6. The van der Waals surface area contributed by atoms with Gasteiger partial charge >= 0.3 is 0 Å². The molecule has 0 saturated carbocycles. The second-order valence-electron chi connectivity index (χ2n) is 3.83. The zero-order valence-corrected chi connectivity index (χ0v) is 9.51. The molecule has 3 unspecified atom stereocenters. The number of aliphatic hydroxyl groups excluding tert-OH is 1. The molecule has 0 amide bonds. The highest BCUT2D eigenvalue weighted by Crippen LogP contribution is 2.31. The molecule has 14 heavy (non-hydrogen) atoms. The van der Waals surface area contributed by atoms with E-state index in [1.165, 1.54) is 0 Å². The molecule has 0 aliphatic carbocycles. The van der Waals surface area contributed by atoms with E-state index in [1.54, 1.807) is 18.7 Å². The number of nitrogens with zero attached hydrogens (tertiary/aromatic N) is 1. The minimum atomic E-state index is -0.667. The maximum Gasteiger partial charge on any atom is 0.163 e. The first-order chi connectivity index (χ1) is 6.59. The quantitative estimate of drug-likeness (QED) is 0.776. The van der Waals surface area contributed by atoms with Gasteiger partial charge in [0, 0.05) is 5.75 Å². The molecule has 0 spiro atoms. The summed E-state index contributed by atoms with van der Waals surface area (Å²) in [6.45, 7) is 3.49. The van der Waals surface area contributed by atoms with E-state index in [0.29, 0.717) is 0 Å². The van der Waals surface area contributed by atoms with Crippen LogP contribution in [0.5, 0.6) is 0 Å². The van der Waals surface area contributed by atoms with Crippen molar-refractivity contribution in [1.82, 2.24) is 0 Å². The van der Waals surface area contributed by atoms with Crippen LogP contribution in [0.15, 0.2) is 0 Å². The van der Waals surface area contributed by atoms with Crippen LogP contribution in [-0.4, -0.2) is 34.4 Å². The van der Waals surface area contributed by atoms with Crippen LogP contribution in [0.1, 0.15) is 26.7 Å². The Morgan fingerprint density at radius 1 is 1.57 bits per heavy atom. The lowest BCUT2D eigenvalue weighted by Crippen LogP contribution is -2.42. The van der Waals surface area contributed by atoms with Gasteiger partial charge in [-0.15, -0.1) is 0 Å². The van der Waals surface area contributed by atoms with Crippen molar-refractivity contribution in [1.29, 1.82) is 5.26 Å². The second-order valence-corrected chi connectivity index (χ2v) is 4.93. The maximum absolute atomic E-state index is 9.32. The summed E-state index contributed by atoms with van der Waals surface area (Å²) in [6, 6.07) is 2.25. The molecule has 80 valence electrons. The lowest BCUT2D eigenvalue weighted by atomic mass is 10.0. The Hall–Kier alpha value is -0.240. The summed E-state index contributed by atoms with van der Waals surface area (Å²) in [6.07, 6.45) is 1.01. The molecule has 1 N–H and O–H groups in total. The molecule has 0 bridgehead atoms. The summed E-state index contributed by atoms with van der Waals surface area (Å²) in [5.41, 5.74) is -0.667. The largest absolute Gasteiger partial charge is 0.391 e. The number of thioether (sulfide) groups is 1. The molecule has 3 nitrogen and oxygen atoms in total. The van der Waals surface area contributed by atoms with Gasteiger partial charge in [0.2, 0.25) is 0 Å². The van der Waals surface area contributed by atoms with Crippen molar-refractivity contribution in [3.05, 3.63) is 0 Å². The summed E-state index contributed by atoms with van der Waals surface area (Å²) in [5.74, 6) is 1.83. The van der Waals surface area contributed by atoms with Gasteiger partial charge < -0.3 is 9.84 Å². The number of ether oxygens (including phenoxy) is 1. The first-order valence-electron chi connectivity index (χ1n) is 4.94. The van der Waals surface area contributed by atoms with Crippen molar-refractivity contribution in [2.45, 2.75) is 44.5 Å². The van der Waals surface area contributed by atoms with Crippen molar-refractivity contribution in [2.75, 3.05) is 11.5 Å². The molecule has 0 aromatic heterocycles. The minimum Gasteiger partial charge on any atom is -0.391 e. The predicted molar refractivity (Wildman–Crippen MR) is 57.1 cm³/mol. The number of hydrogen-bond donors (Lipinski definition) is 1. The third-order valence-corrected chi connectivity index (χ3v) is 3.75. The van der Waals surface area contributed by atoms with Crippen LogP contribution in [0, 0.1) is 11.3 Å². The molecule has 0 aromatic rings. The highest BCUT2D eigenvalue weighted by Gasteiger charge is 2.35. The normalized spacial score (nSPS) is 31.9. The SMILES string of the molecule is CC(O)C(C)OC1(C#N)CCCSC1. The third kappa shape index (κ3) is 2.88. The molecule has 1 aliphatic rings. The van der Waals surface area contributed by atoms with E-state index in [-0.39, 0.29) is 6.10 Å². The fourth-order valence-corrected chi connectivity index (χ4v) is 2.53. The second kappa shape index (κ2) is 5.01. The Kier molecular flexibility index (Phi) is 4.24. The first kappa shape index (κ1) is 11.8. The Bertz CT molecular complexity index is 219. The molecule has 1 rings (SSSR count). The summed E-state index contributed by atoms with van der Waals surface area (Å²) in [4.78, 5) is 0. The van der Waals surface area contributed by atoms with Crippen molar-refractivity contribution >= 4 is 11.8 Å². The van der Waals surface area contributed by atoms with Crippen LogP contribution in [0.3, 0.4) is 0 Å². The highest BCUT2D eigenvalue weighted by atomic mass is 32.2. The minimum absolute atomic E-state index is 0.270. The Morgan fingerprint density at radius 2 is 2.29 bits per heavy atom. The Morgan fingerprint density at radius 3 is 2.71 bits per heavy atom. The standard InChI is InChI=1S/C10H17NO2S/c1-8(12)9(2)13-10(6-11)4-3-5-14-7-10/h8-9,12H,3-5,7H2,1-2H3. The van der Waals surface area contributed by atoms with Crippen LogP contribution in [0.25, 0.3) is 0 Å². The molecule has 1 fully saturated rings. The van der Waals surface area contributed by atoms with Crippen LogP contribution in [0.4, 0.5) is 0 Å². The molecular weight excluding hydrogens is 198 g/mol. The van der Waals surface area contributed by atoms with Crippen LogP contribution in [0.2, 0.25) is 0 Å². The van der Waals surface area contributed by atoms with E-state index in [9.17, 15) is 5.11 Å². The number of rotatable bonds is 3. The third-order valence-electron chi connectivity index (χ3n) is 2.50. The van der Waals surface area contributed by atoms with E-state index in [2.05, 4.69) is 6.07 Å². The van der Waals surface area contributed by atoms with Crippen LogP contribution in [-0.2, 0) is 4.74 Å². The molecule has 1 aliphatic heterocycles. The lowest BCUT2D eigenvalue weighted by Gasteiger charge is -2.33. The van der Waals surface area contributed by atoms with Crippen molar-refractivity contribution in [2.24, 2.45) is 0 Å². The average Bonchev–Trinajstić information content (AvgIpc) is 2.19. The molecular formula is C10H17NO2S. The van der Waals surface area contributed by atoms with Crippen molar-refractivity contribution < 1.29 is 9.84 Å². The predicted octanol–water partition coefficient (Wildman–Crippen LogP) is 1.56.